The van der Waals surface area contributed by atoms with E-state index in [4.69, 9.17) is 5.84 Å². The molecule has 0 amide bonds. The molecule has 1 aromatic heterocycles. The van der Waals surface area contributed by atoms with E-state index in [1.807, 2.05) is 18.5 Å². The third-order valence-corrected chi connectivity index (χ3v) is 3.67. The lowest BCUT2D eigenvalue weighted by Crippen LogP contribution is -2.30. The highest BCUT2D eigenvalue weighted by Crippen LogP contribution is 2.21. The van der Waals surface area contributed by atoms with Gasteiger partial charge < -0.3 is 0 Å². The van der Waals surface area contributed by atoms with Crippen molar-refractivity contribution >= 4 is 0 Å². The molecule has 0 fully saturated rings. The lowest BCUT2D eigenvalue weighted by Gasteiger charge is -2.18. The van der Waals surface area contributed by atoms with Crippen LogP contribution in [0.15, 0.2) is 36.7 Å². The molecule has 0 saturated carbocycles. The van der Waals surface area contributed by atoms with Crippen molar-refractivity contribution in [3.8, 4) is 0 Å². The van der Waals surface area contributed by atoms with Crippen molar-refractivity contribution in [3.05, 3.63) is 64.5 Å². The number of nitrogens with two attached hydrogens (primary N) is 1. The molecular weight excluding hydrogens is 234 g/mol. The fourth-order valence-corrected chi connectivity index (χ4v) is 2.27. The third kappa shape index (κ3) is 3.19. The van der Waals surface area contributed by atoms with E-state index in [9.17, 15) is 0 Å². The number of pyridine rings is 1. The predicted octanol–water partition coefficient (Wildman–Crippen LogP) is 2.75. The van der Waals surface area contributed by atoms with Crippen LogP contribution in [0.3, 0.4) is 0 Å². The van der Waals surface area contributed by atoms with Gasteiger partial charge in [0.15, 0.2) is 0 Å². The first-order chi connectivity index (χ1) is 9.11. The minimum atomic E-state index is 0.0933. The molecule has 0 bridgehead atoms. The normalized spacial score (nSPS) is 12.4. The maximum Gasteiger partial charge on any atom is 0.0518 e. The maximum atomic E-state index is 5.71. The molecule has 2 rings (SSSR count). The number of nitrogens with zero attached hydrogens (tertiary/aromatic N) is 1. The number of hydrazine groups is 1. The van der Waals surface area contributed by atoms with E-state index in [0.29, 0.717) is 0 Å². The number of benzene rings is 1. The van der Waals surface area contributed by atoms with Gasteiger partial charge in [0.05, 0.1) is 6.04 Å². The van der Waals surface area contributed by atoms with Gasteiger partial charge in [-0.25, -0.2) is 0 Å². The van der Waals surface area contributed by atoms with Crippen molar-refractivity contribution in [2.75, 3.05) is 0 Å². The molecule has 0 radical (unpaired) electrons. The van der Waals surface area contributed by atoms with Crippen LogP contribution in [0.5, 0.6) is 0 Å². The van der Waals surface area contributed by atoms with Crippen LogP contribution in [-0.2, 0) is 6.42 Å². The van der Waals surface area contributed by atoms with Crippen LogP contribution >= 0.6 is 0 Å². The summed E-state index contributed by atoms with van der Waals surface area (Å²) in [6.07, 6.45) is 4.56. The van der Waals surface area contributed by atoms with Crippen LogP contribution in [0.4, 0.5) is 0 Å². The van der Waals surface area contributed by atoms with Crippen LogP contribution in [0.25, 0.3) is 0 Å². The molecule has 1 unspecified atom stereocenters. The molecule has 0 aliphatic rings. The summed E-state index contributed by atoms with van der Waals surface area (Å²) in [5.41, 5.74) is 9.19. The van der Waals surface area contributed by atoms with Gasteiger partial charge in [-0.1, -0.05) is 18.2 Å². The van der Waals surface area contributed by atoms with E-state index >= 15 is 0 Å². The van der Waals surface area contributed by atoms with Crippen LogP contribution in [0.2, 0.25) is 0 Å². The number of aryl methyl sites for hydroxylation is 3. The Morgan fingerprint density at radius 1 is 1.11 bits per heavy atom. The van der Waals surface area contributed by atoms with Crippen molar-refractivity contribution in [3.63, 3.8) is 0 Å². The molecule has 0 spiro atoms. The summed E-state index contributed by atoms with van der Waals surface area (Å²) in [4.78, 5) is 4.19. The van der Waals surface area contributed by atoms with E-state index < -0.39 is 0 Å². The lowest BCUT2D eigenvalue weighted by atomic mass is 9.96. The van der Waals surface area contributed by atoms with E-state index in [0.717, 1.165) is 12.0 Å². The van der Waals surface area contributed by atoms with E-state index in [1.54, 1.807) is 0 Å². The van der Waals surface area contributed by atoms with Gasteiger partial charge in [0.1, 0.15) is 0 Å². The highest BCUT2D eigenvalue weighted by Gasteiger charge is 2.13. The molecule has 3 heteroatoms. The Kier molecular flexibility index (Phi) is 4.30. The van der Waals surface area contributed by atoms with Crippen molar-refractivity contribution in [2.24, 2.45) is 5.84 Å². The zero-order valence-corrected chi connectivity index (χ0v) is 11.8. The second kappa shape index (κ2) is 5.95. The molecule has 2 aromatic rings. The second-order valence-corrected chi connectivity index (χ2v) is 5.07. The number of rotatable bonds is 4. The lowest BCUT2D eigenvalue weighted by molar-refractivity contribution is 0.547. The molecule has 1 atom stereocenters. The van der Waals surface area contributed by atoms with Gasteiger partial charge in [-0.3, -0.25) is 16.3 Å². The second-order valence-electron chi connectivity index (χ2n) is 5.07. The first-order valence-electron chi connectivity index (χ1n) is 6.54. The molecule has 19 heavy (non-hydrogen) atoms. The summed E-state index contributed by atoms with van der Waals surface area (Å²) in [5, 5.41) is 0. The topological polar surface area (TPSA) is 50.9 Å². The third-order valence-electron chi connectivity index (χ3n) is 3.67. The van der Waals surface area contributed by atoms with Crippen molar-refractivity contribution in [1.82, 2.24) is 10.4 Å². The highest BCUT2D eigenvalue weighted by molar-refractivity contribution is 5.32. The monoisotopic (exact) mass is 255 g/mol. The SMILES string of the molecule is Cc1ccc(CC(NN)c2cnccc2C)cc1C. The standard InChI is InChI=1S/C16H21N3/c1-11-4-5-14(8-13(11)3)9-16(19-17)15-10-18-7-6-12(15)2/h4-8,10,16,19H,9,17H2,1-3H3. The first-order valence-corrected chi connectivity index (χ1v) is 6.54. The summed E-state index contributed by atoms with van der Waals surface area (Å²) in [5.74, 6) is 5.71. The molecule has 1 heterocycles. The largest absolute Gasteiger partial charge is 0.271 e. The average Bonchev–Trinajstić information content (AvgIpc) is 2.41. The zero-order valence-electron chi connectivity index (χ0n) is 11.8. The minimum Gasteiger partial charge on any atom is -0.271 e. The minimum absolute atomic E-state index is 0.0933. The first kappa shape index (κ1) is 13.7. The van der Waals surface area contributed by atoms with Gasteiger partial charge in [0.25, 0.3) is 0 Å². The molecule has 3 nitrogen and oxygen atoms in total. The number of nitrogens with one attached hydrogen (secondary N) is 1. The number of hydrogen-bond donors (Lipinski definition) is 2. The Bertz CT molecular complexity index is 564. The van der Waals surface area contributed by atoms with Crippen LogP contribution < -0.4 is 11.3 Å². The van der Waals surface area contributed by atoms with E-state index in [1.165, 1.54) is 22.3 Å². The molecular formula is C16H21N3. The van der Waals surface area contributed by atoms with E-state index in [2.05, 4.69) is 49.4 Å². The average molecular weight is 255 g/mol. The summed E-state index contributed by atoms with van der Waals surface area (Å²) in [6, 6.07) is 8.66. The van der Waals surface area contributed by atoms with Crippen molar-refractivity contribution in [1.29, 1.82) is 0 Å². The maximum absolute atomic E-state index is 5.71. The number of hydrogen-bond acceptors (Lipinski definition) is 3. The molecule has 0 aliphatic carbocycles. The Morgan fingerprint density at radius 2 is 1.89 bits per heavy atom. The zero-order chi connectivity index (χ0) is 13.8. The number of aromatic nitrogens is 1. The smallest absolute Gasteiger partial charge is 0.0518 e. The van der Waals surface area contributed by atoms with Crippen LogP contribution in [-0.4, -0.2) is 4.98 Å². The van der Waals surface area contributed by atoms with Gasteiger partial charge in [-0.15, -0.1) is 0 Å². The van der Waals surface area contributed by atoms with Gasteiger partial charge in [-0.05, 0) is 61.1 Å². The predicted molar refractivity (Wildman–Crippen MR) is 78.7 cm³/mol. The highest BCUT2D eigenvalue weighted by atomic mass is 15.2. The summed E-state index contributed by atoms with van der Waals surface area (Å²) < 4.78 is 0. The summed E-state index contributed by atoms with van der Waals surface area (Å²) in [7, 11) is 0. The molecule has 1 aromatic carbocycles. The van der Waals surface area contributed by atoms with Gasteiger partial charge in [0, 0.05) is 12.4 Å². The summed E-state index contributed by atoms with van der Waals surface area (Å²) >= 11 is 0. The quantitative estimate of drug-likeness (QED) is 0.652. The van der Waals surface area contributed by atoms with Crippen molar-refractivity contribution < 1.29 is 0 Å². The Labute approximate surface area is 114 Å². The van der Waals surface area contributed by atoms with Gasteiger partial charge in [-0.2, -0.15) is 0 Å². The van der Waals surface area contributed by atoms with Gasteiger partial charge >= 0.3 is 0 Å². The molecule has 0 saturated heterocycles. The summed E-state index contributed by atoms with van der Waals surface area (Å²) in [6.45, 7) is 6.35. The van der Waals surface area contributed by atoms with Crippen LogP contribution in [0.1, 0.15) is 33.9 Å². The van der Waals surface area contributed by atoms with Crippen LogP contribution in [0, 0.1) is 20.8 Å². The fraction of sp³-hybridized carbons (Fsp3) is 0.312. The molecule has 0 aliphatic heterocycles. The Hall–Kier alpha value is -1.71. The Balaban J connectivity index is 2.24. The van der Waals surface area contributed by atoms with Gasteiger partial charge in [0.2, 0.25) is 0 Å². The van der Waals surface area contributed by atoms with Crippen molar-refractivity contribution in [2.45, 2.75) is 33.2 Å². The van der Waals surface area contributed by atoms with E-state index in [-0.39, 0.29) is 6.04 Å². The fourth-order valence-electron chi connectivity index (χ4n) is 2.27. The molecule has 3 N–H and O–H groups in total. The Morgan fingerprint density at radius 3 is 2.53 bits per heavy atom. The molecule has 100 valence electrons.